The molecular weight excluding hydrogens is 256 g/mol. The summed E-state index contributed by atoms with van der Waals surface area (Å²) in [6.45, 7) is 0.644. The molecule has 20 heavy (non-hydrogen) atoms. The van der Waals surface area contributed by atoms with Crippen LogP contribution in [-0.2, 0) is 4.79 Å². The van der Waals surface area contributed by atoms with E-state index < -0.39 is 12.0 Å². The van der Waals surface area contributed by atoms with E-state index in [0.717, 1.165) is 17.9 Å². The van der Waals surface area contributed by atoms with Gasteiger partial charge in [-0.15, -0.1) is 0 Å². The number of benzene rings is 1. The molecule has 0 heterocycles. The summed E-state index contributed by atoms with van der Waals surface area (Å²) < 4.78 is 0. The lowest BCUT2D eigenvalue weighted by molar-refractivity contribution is -0.137. The summed E-state index contributed by atoms with van der Waals surface area (Å²) in [6.07, 6.45) is 3.40. The zero-order valence-corrected chi connectivity index (χ0v) is 11.3. The van der Waals surface area contributed by atoms with Crippen molar-refractivity contribution in [2.75, 3.05) is 6.54 Å². The molecule has 0 saturated heterocycles. The minimum absolute atomic E-state index is 0.125. The molecule has 1 aliphatic carbocycles. The zero-order valence-electron chi connectivity index (χ0n) is 11.3. The van der Waals surface area contributed by atoms with E-state index in [4.69, 9.17) is 5.11 Å². The van der Waals surface area contributed by atoms with E-state index in [1.54, 1.807) is 0 Å². The molecule has 1 saturated carbocycles. The summed E-state index contributed by atoms with van der Waals surface area (Å²) in [4.78, 5) is 22.7. The predicted molar refractivity (Wildman–Crippen MR) is 75.3 cm³/mol. The number of rotatable bonds is 7. The number of hydrogen-bond donors (Lipinski definition) is 3. The Morgan fingerprint density at radius 2 is 1.95 bits per heavy atom. The zero-order chi connectivity index (χ0) is 14.4. The fourth-order valence-electron chi connectivity index (χ4n) is 2.12. The number of carbonyl (C=O) groups is 2. The van der Waals surface area contributed by atoms with E-state index in [1.807, 2.05) is 30.3 Å². The third kappa shape index (κ3) is 4.91. The Balaban J connectivity index is 1.85. The third-order valence-corrected chi connectivity index (χ3v) is 3.42. The highest BCUT2D eigenvalue weighted by Crippen LogP contribution is 2.31. The fourth-order valence-corrected chi connectivity index (χ4v) is 2.12. The summed E-state index contributed by atoms with van der Waals surface area (Å²) in [5, 5.41) is 14.5. The van der Waals surface area contributed by atoms with Crippen molar-refractivity contribution in [3.8, 4) is 0 Å². The summed E-state index contributed by atoms with van der Waals surface area (Å²) >= 11 is 0. The molecular formula is C15H20N2O3. The van der Waals surface area contributed by atoms with Gasteiger partial charge >= 0.3 is 12.0 Å². The van der Waals surface area contributed by atoms with E-state index >= 15 is 0 Å². The molecule has 1 atom stereocenters. The van der Waals surface area contributed by atoms with Gasteiger partial charge in [-0.1, -0.05) is 43.2 Å². The van der Waals surface area contributed by atoms with Gasteiger partial charge in [-0.25, -0.2) is 4.79 Å². The summed E-state index contributed by atoms with van der Waals surface area (Å²) in [5.74, 6) is -0.170. The van der Waals surface area contributed by atoms with Crippen molar-refractivity contribution in [1.82, 2.24) is 10.6 Å². The van der Waals surface area contributed by atoms with Crippen LogP contribution in [0.5, 0.6) is 0 Å². The Kier molecular flexibility index (Phi) is 4.98. The molecule has 2 amide bonds. The van der Waals surface area contributed by atoms with Crippen LogP contribution in [0.1, 0.15) is 37.3 Å². The first-order valence-corrected chi connectivity index (χ1v) is 6.96. The van der Waals surface area contributed by atoms with Crippen molar-refractivity contribution in [2.24, 2.45) is 5.92 Å². The van der Waals surface area contributed by atoms with Gasteiger partial charge in [0.05, 0.1) is 12.5 Å². The average molecular weight is 276 g/mol. The third-order valence-electron chi connectivity index (χ3n) is 3.42. The van der Waals surface area contributed by atoms with E-state index in [1.165, 1.54) is 12.8 Å². The van der Waals surface area contributed by atoms with Crippen LogP contribution < -0.4 is 10.6 Å². The highest BCUT2D eigenvalue weighted by molar-refractivity contribution is 5.76. The first kappa shape index (κ1) is 14.4. The van der Waals surface area contributed by atoms with Crippen molar-refractivity contribution < 1.29 is 14.7 Å². The maximum absolute atomic E-state index is 11.8. The molecule has 1 unspecified atom stereocenters. The van der Waals surface area contributed by atoms with Crippen LogP contribution in [-0.4, -0.2) is 23.7 Å². The first-order chi connectivity index (χ1) is 9.65. The van der Waals surface area contributed by atoms with Crippen LogP contribution in [0.3, 0.4) is 0 Å². The standard InChI is InChI=1S/C15H20N2O3/c18-14(19)10-13(12-4-2-1-3-5-12)17-15(20)16-9-8-11-6-7-11/h1-5,11,13H,6-10H2,(H,18,19)(H2,16,17,20). The Labute approximate surface area is 118 Å². The van der Waals surface area contributed by atoms with Crippen LogP contribution in [0, 0.1) is 5.92 Å². The second kappa shape index (κ2) is 6.93. The first-order valence-electron chi connectivity index (χ1n) is 6.96. The van der Waals surface area contributed by atoms with Gasteiger partial charge in [0.15, 0.2) is 0 Å². The van der Waals surface area contributed by atoms with Crippen LogP contribution in [0.15, 0.2) is 30.3 Å². The van der Waals surface area contributed by atoms with Crippen LogP contribution in [0.25, 0.3) is 0 Å². The second-order valence-electron chi connectivity index (χ2n) is 5.19. The number of carboxylic acids is 1. The normalized spacial score (nSPS) is 15.4. The number of urea groups is 1. The molecule has 1 aromatic rings. The topological polar surface area (TPSA) is 78.4 Å². The Bertz CT molecular complexity index is 457. The second-order valence-corrected chi connectivity index (χ2v) is 5.19. The van der Waals surface area contributed by atoms with E-state index in [2.05, 4.69) is 10.6 Å². The molecule has 0 aromatic heterocycles. The monoisotopic (exact) mass is 276 g/mol. The molecule has 0 bridgehead atoms. The molecule has 1 aromatic carbocycles. The van der Waals surface area contributed by atoms with Gasteiger partial charge in [0.2, 0.25) is 0 Å². The van der Waals surface area contributed by atoms with Gasteiger partial charge in [-0.2, -0.15) is 0 Å². The molecule has 3 N–H and O–H groups in total. The van der Waals surface area contributed by atoms with Gasteiger partial charge in [-0.3, -0.25) is 4.79 Å². The van der Waals surface area contributed by atoms with Crippen LogP contribution >= 0.6 is 0 Å². The Morgan fingerprint density at radius 3 is 2.55 bits per heavy atom. The molecule has 1 aliphatic rings. The van der Waals surface area contributed by atoms with E-state index in [9.17, 15) is 9.59 Å². The van der Waals surface area contributed by atoms with Gasteiger partial charge in [-0.05, 0) is 17.9 Å². The van der Waals surface area contributed by atoms with E-state index in [0.29, 0.717) is 6.54 Å². The van der Waals surface area contributed by atoms with Crippen molar-refractivity contribution >= 4 is 12.0 Å². The molecule has 5 heteroatoms. The van der Waals surface area contributed by atoms with Crippen molar-refractivity contribution in [3.63, 3.8) is 0 Å². The number of amides is 2. The van der Waals surface area contributed by atoms with Gasteiger partial charge < -0.3 is 15.7 Å². The van der Waals surface area contributed by atoms with E-state index in [-0.39, 0.29) is 12.5 Å². The number of hydrogen-bond acceptors (Lipinski definition) is 2. The maximum atomic E-state index is 11.8. The smallest absolute Gasteiger partial charge is 0.315 e. The van der Waals surface area contributed by atoms with Gasteiger partial charge in [0.1, 0.15) is 0 Å². The maximum Gasteiger partial charge on any atom is 0.315 e. The van der Waals surface area contributed by atoms with Crippen LogP contribution in [0.2, 0.25) is 0 Å². The summed E-state index contributed by atoms with van der Waals surface area (Å²) in [7, 11) is 0. The molecule has 108 valence electrons. The number of carbonyl (C=O) groups excluding carboxylic acids is 1. The van der Waals surface area contributed by atoms with Crippen LogP contribution in [0.4, 0.5) is 4.79 Å². The number of nitrogens with one attached hydrogen (secondary N) is 2. The van der Waals surface area contributed by atoms with Gasteiger partial charge in [0, 0.05) is 6.54 Å². The SMILES string of the molecule is O=C(O)CC(NC(=O)NCCC1CC1)c1ccccc1. The molecule has 0 radical (unpaired) electrons. The fraction of sp³-hybridized carbons (Fsp3) is 0.467. The summed E-state index contributed by atoms with van der Waals surface area (Å²) in [6, 6.07) is 8.34. The number of aliphatic carboxylic acids is 1. The highest BCUT2D eigenvalue weighted by Gasteiger charge is 2.21. The minimum Gasteiger partial charge on any atom is -0.481 e. The lowest BCUT2D eigenvalue weighted by Crippen LogP contribution is -2.39. The van der Waals surface area contributed by atoms with Gasteiger partial charge in [0.25, 0.3) is 0 Å². The predicted octanol–water partition coefficient (Wildman–Crippen LogP) is 2.30. The van der Waals surface area contributed by atoms with Crippen molar-refractivity contribution in [3.05, 3.63) is 35.9 Å². The average Bonchev–Trinajstić information content (AvgIpc) is 3.23. The number of carboxylic acid groups (broad SMARTS) is 1. The molecule has 5 nitrogen and oxygen atoms in total. The lowest BCUT2D eigenvalue weighted by atomic mass is 10.0. The highest BCUT2D eigenvalue weighted by atomic mass is 16.4. The quantitative estimate of drug-likeness (QED) is 0.715. The van der Waals surface area contributed by atoms with Crippen molar-refractivity contribution in [1.29, 1.82) is 0 Å². The summed E-state index contributed by atoms with van der Waals surface area (Å²) in [5.41, 5.74) is 0.798. The largest absolute Gasteiger partial charge is 0.481 e. The molecule has 0 spiro atoms. The Hall–Kier alpha value is -2.04. The molecule has 2 rings (SSSR count). The molecule has 1 fully saturated rings. The minimum atomic E-state index is -0.933. The Morgan fingerprint density at radius 1 is 1.25 bits per heavy atom. The molecule has 0 aliphatic heterocycles. The van der Waals surface area contributed by atoms with Crippen molar-refractivity contribution in [2.45, 2.75) is 31.7 Å². The lowest BCUT2D eigenvalue weighted by Gasteiger charge is -2.17.